The molecule has 1 aromatic rings. The Morgan fingerprint density at radius 3 is 2.36 bits per heavy atom. The standard InChI is InChI=1S/C7H11N3O/c1-5(8)7-9-3-6(11-2)4-10-7/h3-5H,8H2,1-2H3. The third-order valence-electron chi connectivity index (χ3n) is 1.29. The molecule has 1 atom stereocenters. The van der Waals surface area contributed by atoms with Crippen LogP contribution in [0.2, 0.25) is 0 Å². The molecule has 2 N–H and O–H groups in total. The zero-order chi connectivity index (χ0) is 8.27. The van der Waals surface area contributed by atoms with Crippen LogP contribution in [0.5, 0.6) is 5.75 Å². The summed E-state index contributed by atoms with van der Waals surface area (Å²) in [5.74, 6) is 1.28. The van der Waals surface area contributed by atoms with Crippen molar-refractivity contribution in [1.29, 1.82) is 0 Å². The maximum Gasteiger partial charge on any atom is 0.155 e. The Balaban J connectivity index is 2.83. The number of nitrogens with zero attached hydrogens (tertiary/aromatic N) is 2. The van der Waals surface area contributed by atoms with Gasteiger partial charge in [0.15, 0.2) is 5.75 Å². The summed E-state index contributed by atoms with van der Waals surface area (Å²) in [4.78, 5) is 7.98. The van der Waals surface area contributed by atoms with E-state index in [1.807, 2.05) is 6.92 Å². The van der Waals surface area contributed by atoms with Crippen molar-refractivity contribution >= 4 is 0 Å². The molecule has 1 aromatic heterocycles. The molecule has 0 aliphatic rings. The van der Waals surface area contributed by atoms with E-state index in [0.717, 1.165) is 0 Å². The van der Waals surface area contributed by atoms with Crippen molar-refractivity contribution < 1.29 is 4.74 Å². The molecular weight excluding hydrogens is 142 g/mol. The third kappa shape index (κ3) is 1.88. The largest absolute Gasteiger partial charge is 0.494 e. The predicted octanol–water partition coefficient (Wildman–Crippen LogP) is 0.505. The molecule has 0 bridgehead atoms. The molecule has 11 heavy (non-hydrogen) atoms. The van der Waals surface area contributed by atoms with Gasteiger partial charge < -0.3 is 10.5 Å². The van der Waals surface area contributed by atoms with Gasteiger partial charge in [-0.2, -0.15) is 0 Å². The Kier molecular flexibility index (Phi) is 2.38. The first-order chi connectivity index (χ1) is 5.24. The normalized spacial score (nSPS) is 12.6. The Morgan fingerprint density at radius 1 is 1.45 bits per heavy atom. The summed E-state index contributed by atoms with van der Waals surface area (Å²) in [6, 6.07) is -0.124. The molecule has 0 aliphatic heterocycles. The first-order valence-electron chi connectivity index (χ1n) is 3.35. The van der Waals surface area contributed by atoms with Crippen LogP contribution in [0.15, 0.2) is 12.4 Å². The fraction of sp³-hybridized carbons (Fsp3) is 0.429. The van der Waals surface area contributed by atoms with Crippen LogP contribution in [0.4, 0.5) is 0 Å². The van der Waals surface area contributed by atoms with Gasteiger partial charge in [-0.25, -0.2) is 9.97 Å². The van der Waals surface area contributed by atoms with Crippen LogP contribution < -0.4 is 10.5 Å². The van der Waals surface area contributed by atoms with Gasteiger partial charge >= 0.3 is 0 Å². The summed E-state index contributed by atoms with van der Waals surface area (Å²) in [5.41, 5.74) is 5.54. The highest BCUT2D eigenvalue weighted by Crippen LogP contribution is 2.07. The van der Waals surface area contributed by atoms with Crippen molar-refractivity contribution in [3.63, 3.8) is 0 Å². The molecule has 0 aliphatic carbocycles. The van der Waals surface area contributed by atoms with E-state index in [1.165, 1.54) is 0 Å². The van der Waals surface area contributed by atoms with Gasteiger partial charge in [0, 0.05) is 0 Å². The zero-order valence-electron chi connectivity index (χ0n) is 6.61. The monoisotopic (exact) mass is 153 g/mol. The van der Waals surface area contributed by atoms with Crippen LogP contribution >= 0.6 is 0 Å². The van der Waals surface area contributed by atoms with Gasteiger partial charge in [-0.1, -0.05) is 0 Å². The number of hydrogen-bond acceptors (Lipinski definition) is 4. The van der Waals surface area contributed by atoms with E-state index in [-0.39, 0.29) is 6.04 Å². The molecule has 1 heterocycles. The molecule has 0 radical (unpaired) electrons. The lowest BCUT2D eigenvalue weighted by Crippen LogP contribution is -2.09. The number of hydrogen-bond donors (Lipinski definition) is 1. The van der Waals surface area contributed by atoms with E-state index in [9.17, 15) is 0 Å². The maximum absolute atomic E-state index is 5.54. The van der Waals surface area contributed by atoms with Gasteiger partial charge in [0.1, 0.15) is 5.82 Å². The molecule has 4 heteroatoms. The van der Waals surface area contributed by atoms with E-state index < -0.39 is 0 Å². The maximum atomic E-state index is 5.54. The highest BCUT2D eigenvalue weighted by atomic mass is 16.5. The minimum Gasteiger partial charge on any atom is -0.494 e. The van der Waals surface area contributed by atoms with Crippen LogP contribution in [0, 0.1) is 0 Å². The van der Waals surface area contributed by atoms with E-state index in [1.54, 1.807) is 19.5 Å². The van der Waals surface area contributed by atoms with Crippen LogP contribution in [0.1, 0.15) is 18.8 Å². The Bertz CT molecular complexity index is 220. The smallest absolute Gasteiger partial charge is 0.155 e. The van der Waals surface area contributed by atoms with Crippen molar-refractivity contribution in [3.05, 3.63) is 18.2 Å². The van der Waals surface area contributed by atoms with Crippen LogP contribution in [-0.4, -0.2) is 17.1 Å². The van der Waals surface area contributed by atoms with Crippen molar-refractivity contribution in [2.45, 2.75) is 13.0 Å². The topological polar surface area (TPSA) is 61.0 Å². The summed E-state index contributed by atoms with van der Waals surface area (Å²) in [6.07, 6.45) is 3.21. The molecule has 0 saturated heterocycles. The molecule has 1 unspecified atom stereocenters. The van der Waals surface area contributed by atoms with Crippen molar-refractivity contribution in [1.82, 2.24) is 9.97 Å². The summed E-state index contributed by atoms with van der Waals surface area (Å²) in [5, 5.41) is 0. The van der Waals surface area contributed by atoms with Crippen molar-refractivity contribution in [2.75, 3.05) is 7.11 Å². The second-order valence-electron chi connectivity index (χ2n) is 2.27. The van der Waals surface area contributed by atoms with Gasteiger partial charge in [-0.15, -0.1) is 0 Å². The third-order valence-corrected chi connectivity index (χ3v) is 1.29. The Labute approximate surface area is 65.4 Å². The predicted molar refractivity (Wildman–Crippen MR) is 41.2 cm³/mol. The fourth-order valence-electron chi connectivity index (χ4n) is 0.667. The second-order valence-corrected chi connectivity index (χ2v) is 2.27. The van der Waals surface area contributed by atoms with Crippen LogP contribution in [0.25, 0.3) is 0 Å². The highest BCUT2D eigenvalue weighted by Gasteiger charge is 2.01. The fourth-order valence-corrected chi connectivity index (χ4v) is 0.667. The lowest BCUT2D eigenvalue weighted by Gasteiger charge is -2.03. The van der Waals surface area contributed by atoms with E-state index in [4.69, 9.17) is 10.5 Å². The van der Waals surface area contributed by atoms with Crippen molar-refractivity contribution in [2.24, 2.45) is 5.73 Å². The number of aromatic nitrogens is 2. The summed E-state index contributed by atoms with van der Waals surface area (Å²) in [7, 11) is 1.57. The molecule has 0 aromatic carbocycles. The molecular formula is C7H11N3O. The molecule has 0 spiro atoms. The molecule has 4 nitrogen and oxygen atoms in total. The molecule has 1 rings (SSSR count). The molecule has 0 fully saturated rings. The first kappa shape index (κ1) is 7.94. The van der Waals surface area contributed by atoms with Crippen LogP contribution in [-0.2, 0) is 0 Å². The molecule has 60 valence electrons. The lowest BCUT2D eigenvalue weighted by atomic mass is 10.3. The minimum atomic E-state index is -0.124. The minimum absolute atomic E-state index is 0.124. The van der Waals surface area contributed by atoms with E-state index in [0.29, 0.717) is 11.6 Å². The lowest BCUT2D eigenvalue weighted by molar-refractivity contribution is 0.409. The Hall–Kier alpha value is -1.16. The van der Waals surface area contributed by atoms with E-state index >= 15 is 0 Å². The molecule has 0 amide bonds. The number of nitrogens with two attached hydrogens (primary N) is 1. The highest BCUT2D eigenvalue weighted by molar-refractivity contribution is 5.12. The summed E-state index contributed by atoms with van der Waals surface area (Å²) in [6.45, 7) is 1.84. The number of methoxy groups -OCH3 is 1. The van der Waals surface area contributed by atoms with Gasteiger partial charge in [-0.05, 0) is 6.92 Å². The van der Waals surface area contributed by atoms with Crippen molar-refractivity contribution in [3.8, 4) is 5.75 Å². The Morgan fingerprint density at radius 2 is 2.00 bits per heavy atom. The van der Waals surface area contributed by atoms with Gasteiger partial charge in [0.2, 0.25) is 0 Å². The number of ether oxygens (including phenoxy) is 1. The first-order valence-corrected chi connectivity index (χ1v) is 3.35. The molecule has 0 saturated carbocycles. The average molecular weight is 153 g/mol. The number of rotatable bonds is 2. The quantitative estimate of drug-likeness (QED) is 0.672. The zero-order valence-corrected chi connectivity index (χ0v) is 6.61. The summed E-state index contributed by atoms with van der Waals surface area (Å²) < 4.78 is 4.88. The van der Waals surface area contributed by atoms with Gasteiger partial charge in [-0.3, -0.25) is 0 Å². The summed E-state index contributed by atoms with van der Waals surface area (Å²) >= 11 is 0. The van der Waals surface area contributed by atoms with Gasteiger partial charge in [0.25, 0.3) is 0 Å². The van der Waals surface area contributed by atoms with Gasteiger partial charge in [0.05, 0.1) is 25.5 Å². The van der Waals surface area contributed by atoms with E-state index in [2.05, 4.69) is 9.97 Å². The van der Waals surface area contributed by atoms with Crippen LogP contribution in [0.3, 0.4) is 0 Å². The second kappa shape index (κ2) is 3.30. The average Bonchev–Trinajstić information content (AvgIpc) is 2.05. The SMILES string of the molecule is COc1cnc(C(C)N)nc1.